The second-order valence-electron chi connectivity index (χ2n) is 7.56. The highest BCUT2D eigenvalue weighted by molar-refractivity contribution is 7.85. The number of nitrogens with zero attached hydrogens (tertiary/aromatic N) is 2. The maximum Gasteiger partial charge on any atom is 0.303 e. The molecule has 2 heterocycles. The van der Waals surface area contributed by atoms with Crippen LogP contribution in [-0.2, 0) is 21.5 Å². The fourth-order valence-electron chi connectivity index (χ4n) is 3.20. The molecule has 33 heavy (non-hydrogen) atoms. The number of aryl methyl sites for hydroxylation is 1. The second kappa shape index (κ2) is 11.6. The Kier molecular flexibility index (Phi) is 8.56. The molecule has 0 spiro atoms. The maximum atomic E-state index is 10.6. The minimum atomic E-state index is -4.24. The van der Waals surface area contributed by atoms with Crippen LogP contribution in [0.15, 0.2) is 47.1 Å². The minimum Gasteiger partial charge on any atom is -0.748 e. The van der Waals surface area contributed by atoms with Gasteiger partial charge in [-0.3, -0.25) is 4.79 Å². The number of pyridine rings is 1. The van der Waals surface area contributed by atoms with Gasteiger partial charge < -0.3 is 18.8 Å². The lowest BCUT2D eigenvalue weighted by molar-refractivity contribution is -0.697. The van der Waals surface area contributed by atoms with Crippen molar-refractivity contribution in [2.75, 3.05) is 12.4 Å². The maximum absolute atomic E-state index is 10.6. The zero-order chi connectivity index (χ0) is 23.7. The summed E-state index contributed by atoms with van der Waals surface area (Å²) < 4.78 is 45.2. The molecule has 3 aromatic rings. The van der Waals surface area contributed by atoms with E-state index in [0.29, 0.717) is 29.2 Å². The summed E-state index contributed by atoms with van der Waals surface area (Å²) in [4.78, 5) is 15.0. The number of carboxylic acid groups (broad SMARTS) is 1. The number of oxazole rings is 1. The number of carbonyl (C=O) groups is 1. The van der Waals surface area contributed by atoms with Crippen LogP contribution in [0.3, 0.4) is 0 Å². The van der Waals surface area contributed by atoms with Gasteiger partial charge in [-0.25, -0.2) is 18.0 Å². The van der Waals surface area contributed by atoms with E-state index in [1.54, 1.807) is 24.3 Å². The van der Waals surface area contributed by atoms with Gasteiger partial charge >= 0.3 is 5.97 Å². The summed E-state index contributed by atoms with van der Waals surface area (Å²) in [5.41, 5.74) is 2.17. The Morgan fingerprint density at radius 3 is 2.82 bits per heavy atom. The SMILES string of the molecule is O=C(O)CCCCC[n+]1cccc(C=Cc2nc3ccc(OCCCS(=O)(=O)[O-])cc3o2)c1. The van der Waals surface area contributed by atoms with Crippen LogP contribution < -0.4 is 9.30 Å². The lowest BCUT2D eigenvalue weighted by Gasteiger charge is -2.08. The van der Waals surface area contributed by atoms with Crippen molar-refractivity contribution in [3.8, 4) is 5.75 Å². The summed E-state index contributed by atoms with van der Waals surface area (Å²) in [6.07, 6.45) is 10.4. The smallest absolute Gasteiger partial charge is 0.303 e. The highest BCUT2D eigenvalue weighted by Gasteiger charge is 2.07. The predicted molar refractivity (Wildman–Crippen MR) is 120 cm³/mol. The number of rotatable bonds is 13. The zero-order valence-corrected chi connectivity index (χ0v) is 18.9. The highest BCUT2D eigenvalue weighted by Crippen LogP contribution is 2.23. The fourth-order valence-corrected chi connectivity index (χ4v) is 3.68. The summed E-state index contributed by atoms with van der Waals surface area (Å²) in [7, 11) is -4.24. The van der Waals surface area contributed by atoms with Gasteiger partial charge in [-0.2, -0.15) is 0 Å². The molecular weight excluding hydrogens is 448 g/mol. The first-order valence-corrected chi connectivity index (χ1v) is 12.2. The molecule has 0 saturated heterocycles. The van der Waals surface area contributed by atoms with E-state index >= 15 is 0 Å². The molecule has 0 aliphatic heterocycles. The van der Waals surface area contributed by atoms with Crippen LogP contribution in [0.5, 0.6) is 5.75 Å². The van der Waals surface area contributed by atoms with Crippen molar-refractivity contribution in [1.29, 1.82) is 0 Å². The molecule has 0 atom stereocenters. The fraction of sp³-hybridized carbons (Fsp3) is 0.348. The third-order valence-corrected chi connectivity index (χ3v) is 5.58. The number of ether oxygens (including phenoxy) is 1. The van der Waals surface area contributed by atoms with E-state index in [4.69, 9.17) is 14.3 Å². The molecule has 9 nitrogen and oxygen atoms in total. The summed E-state index contributed by atoms with van der Waals surface area (Å²) in [5, 5.41) is 8.69. The van der Waals surface area contributed by atoms with E-state index in [9.17, 15) is 17.8 Å². The quantitative estimate of drug-likeness (QED) is 0.227. The largest absolute Gasteiger partial charge is 0.748 e. The summed E-state index contributed by atoms with van der Waals surface area (Å²) >= 11 is 0. The molecule has 0 radical (unpaired) electrons. The summed E-state index contributed by atoms with van der Waals surface area (Å²) in [5.74, 6) is -0.281. The standard InChI is InChI=1S/C23H26N2O7S/c26-23(27)7-2-1-3-12-25-13-4-6-18(17-25)8-11-22-24-20-10-9-19(16-21(20)32-22)31-14-5-15-33(28,29)30/h4,6,8-11,13,16-17H,1-3,5,7,12,14-15H2,(H-,26,27,28,29,30). The van der Waals surface area contributed by atoms with Crippen LogP contribution in [0.1, 0.15) is 43.6 Å². The average molecular weight is 475 g/mol. The molecule has 0 bridgehead atoms. The van der Waals surface area contributed by atoms with Gasteiger partial charge in [-0.05, 0) is 43.5 Å². The van der Waals surface area contributed by atoms with Gasteiger partial charge in [-0.1, -0.05) is 0 Å². The van der Waals surface area contributed by atoms with Crippen molar-refractivity contribution in [3.63, 3.8) is 0 Å². The van der Waals surface area contributed by atoms with Crippen LogP contribution >= 0.6 is 0 Å². The zero-order valence-electron chi connectivity index (χ0n) is 18.1. The Morgan fingerprint density at radius 2 is 2.03 bits per heavy atom. The number of carboxylic acids is 1. The van der Waals surface area contributed by atoms with Gasteiger partial charge in [0.1, 0.15) is 17.8 Å². The van der Waals surface area contributed by atoms with Gasteiger partial charge in [-0.15, -0.1) is 0 Å². The van der Waals surface area contributed by atoms with Crippen LogP contribution in [0.2, 0.25) is 0 Å². The van der Waals surface area contributed by atoms with Crippen molar-refractivity contribution in [2.45, 2.75) is 38.6 Å². The Balaban J connectivity index is 1.55. The number of fused-ring (bicyclic) bond motifs is 1. The number of benzene rings is 1. The van der Waals surface area contributed by atoms with Gasteiger partial charge in [0, 0.05) is 42.4 Å². The first kappa shape index (κ1) is 24.4. The lowest BCUT2D eigenvalue weighted by Crippen LogP contribution is -2.32. The number of aromatic nitrogens is 2. The Bertz CT molecular complexity index is 1220. The highest BCUT2D eigenvalue weighted by atomic mass is 32.2. The van der Waals surface area contributed by atoms with E-state index in [1.807, 2.05) is 30.6 Å². The van der Waals surface area contributed by atoms with Crippen LogP contribution in [0, 0.1) is 0 Å². The molecule has 0 aliphatic rings. The summed E-state index contributed by atoms with van der Waals surface area (Å²) in [6, 6.07) is 9.04. The Hall–Kier alpha value is -3.24. The van der Waals surface area contributed by atoms with Gasteiger partial charge in [0.05, 0.1) is 16.7 Å². The lowest BCUT2D eigenvalue weighted by atomic mass is 10.2. The van der Waals surface area contributed by atoms with Crippen molar-refractivity contribution in [2.24, 2.45) is 0 Å². The van der Waals surface area contributed by atoms with Crippen molar-refractivity contribution in [1.82, 2.24) is 4.98 Å². The molecule has 3 rings (SSSR count). The number of hydrogen-bond donors (Lipinski definition) is 1. The first-order valence-electron chi connectivity index (χ1n) is 10.6. The van der Waals surface area contributed by atoms with Crippen LogP contribution in [0.4, 0.5) is 0 Å². The minimum absolute atomic E-state index is 0.113. The first-order chi connectivity index (χ1) is 15.8. The Morgan fingerprint density at radius 1 is 1.18 bits per heavy atom. The molecule has 1 aromatic carbocycles. The topological polar surface area (TPSA) is 134 Å². The normalized spacial score (nSPS) is 11.9. The third-order valence-electron chi connectivity index (χ3n) is 4.79. The van der Waals surface area contributed by atoms with E-state index in [1.165, 1.54) is 0 Å². The molecule has 1 N–H and O–H groups in total. The average Bonchev–Trinajstić information content (AvgIpc) is 3.17. The molecular formula is C23H26N2O7S. The molecule has 0 fully saturated rings. The van der Waals surface area contributed by atoms with Crippen molar-refractivity contribution >= 4 is 39.3 Å². The second-order valence-corrected chi connectivity index (χ2v) is 9.08. The molecule has 10 heteroatoms. The van der Waals surface area contributed by atoms with E-state index in [2.05, 4.69) is 9.55 Å². The monoisotopic (exact) mass is 474 g/mol. The number of hydrogen-bond acceptors (Lipinski definition) is 7. The van der Waals surface area contributed by atoms with E-state index in [0.717, 1.165) is 24.9 Å². The van der Waals surface area contributed by atoms with Gasteiger partial charge in [0.25, 0.3) is 0 Å². The molecule has 0 aliphatic carbocycles. The predicted octanol–water partition coefficient (Wildman–Crippen LogP) is 3.24. The number of aliphatic carboxylic acids is 1. The number of unbranched alkanes of at least 4 members (excludes halogenated alkanes) is 2. The van der Waals surface area contributed by atoms with Crippen LogP contribution in [-0.4, -0.2) is 41.4 Å². The molecule has 0 saturated carbocycles. The van der Waals surface area contributed by atoms with Gasteiger partial charge in [0.2, 0.25) is 5.89 Å². The van der Waals surface area contributed by atoms with E-state index in [-0.39, 0.29) is 19.4 Å². The van der Waals surface area contributed by atoms with Gasteiger partial charge in [0.15, 0.2) is 18.0 Å². The Labute approximate surface area is 192 Å². The van der Waals surface area contributed by atoms with Crippen molar-refractivity contribution in [3.05, 3.63) is 54.2 Å². The molecule has 176 valence electrons. The summed E-state index contributed by atoms with van der Waals surface area (Å²) in [6.45, 7) is 0.926. The molecule has 2 aromatic heterocycles. The third kappa shape index (κ3) is 8.66. The van der Waals surface area contributed by atoms with E-state index < -0.39 is 21.8 Å². The molecule has 0 unspecified atom stereocenters. The molecule has 0 amide bonds. The van der Waals surface area contributed by atoms with Crippen molar-refractivity contribution < 1.29 is 36.6 Å². The van der Waals surface area contributed by atoms with Crippen LogP contribution in [0.25, 0.3) is 23.3 Å².